The van der Waals surface area contributed by atoms with Crippen molar-refractivity contribution in [3.8, 4) is 5.69 Å². The smallest absolute Gasteiger partial charge is 0.232 e. The average Bonchev–Trinajstić information content (AvgIpc) is 3.19. The molecule has 0 saturated heterocycles. The van der Waals surface area contributed by atoms with Crippen molar-refractivity contribution >= 4 is 26.7 Å². The van der Waals surface area contributed by atoms with Crippen LogP contribution in [0.4, 0.5) is 5.69 Å². The summed E-state index contributed by atoms with van der Waals surface area (Å²) >= 11 is 0. The third kappa shape index (κ3) is 7.35. The van der Waals surface area contributed by atoms with E-state index in [1.165, 1.54) is 49.7 Å². The molecule has 1 heterocycles. The van der Waals surface area contributed by atoms with Crippen LogP contribution >= 0.6 is 0 Å². The van der Waals surface area contributed by atoms with Gasteiger partial charge in [-0.3, -0.25) is 4.72 Å². The van der Waals surface area contributed by atoms with Gasteiger partial charge in [0.25, 0.3) is 0 Å². The van der Waals surface area contributed by atoms with E-state index in [-0.39, 0.29) is 5.75 Å². The van der Waals surface area contributed by atoms with Gasteiger partial charge in [0.05, 0.1) is 11.4 Å². The van der Waals surface area contributed by atoms with Crippen molar-refractivity contribution in [3.63, 3.8) is 0 Å². The average molecular weight is 443 g/mol. The Kier molecular flexibility index (Phi) is 8.88. The molecule has 7 heteroatoms. The van der Waals surface area contributed by atoms with Gasteiger partial charge < -0.3 is 0 Å². The second kappa shape index (κ2) is 11.8. The summed E-state index contributed by atoms with van der Waals surface area (Å²) in [7, 11) is -3.42. The minimum atomic E-state index is -3.42. The van der Waals surface area contributed by atoms with Gasteiger partial charge in [-0.1, -0.05) is 89.0 Å². The van der Waals surface area contributed by atoms with Gasteiger partial charge in [0.1, 0.15) is 16.7 Å². The van der Waals surface area contributed by atoms with Crippen LogP contribution in [0, 0.1) is 0 Å². The molecule has 0 radical (unpaired) electrons. The Morgan fingerprint density at radius 3 is 1.87 bits per heavy atom. The van der Waals surface area contributed by atoms with Crippen LogP contribution in [-0.2, 0) is 10.0 Å². The molecular weight excluding hydrogens is 408 g/mol. The molecule has 6 nitrogen and oxygen atoms in total. The number of aromatic nitrogens is 3. The first-order chi connectivity index (χ1) is 15.1. The van der Waals surface area contributed by atoms with Crippen LogP contribution in [0.3, 0.4) is 0 Å². The molecule has 0 aliphatic rings. The van der Waals surface area contributed by atoms with Gasteiger partial charge in [0.15, 0.2) is 0 Å². The van der Waals surface area contributed by atoms with Crippen molar-refractivity contribution in [2.75, 3.05) is 10.5 Å². The highest BCUT2D eigenvalue weighted by atomic mass is 32.2. The standard InChI is InChI=1S/C24H34N4O2S/c1-2-3-4-5-6-7-8-9-10-15-20-31(29,30)27-23-18-13-14-19-24(23)28-25-21-16-11-12-17-22(21)26-28/h11-14,16-19,27H,2-10,15,20H2,1H3. The fourth-order valence-corrected chi connectivity index (χ4v) is 4.89. The predicted molar refractivity (Wildman–Crippen MR) is 128 cm³/mol. The quantitative estimate of drug-likeness (QED) is 0.307. The van der Waals surface area contributed by atoms with Crippen LogP contribution in [0.1, 0.15) is 71.1 Å². The van der Waals surface area contributed by atoms with Gasteiger partial charge in [0, 0.05) is 0 Å². The molecule has 3 rings (SSSR count). The highest BCUT2D eigenvalue weighted by molar-refractivity contribution is 7.92. The van der Waals surface area contributed by atoms with Gasteiger partial charge in [-0.15, -0.1) is 15.0 Å². The second-order valence-corrected chi connectivity index (χ2v) is 9.94. The molecule has 2 aromatic carbocycles. The van der Waals surface area contributed by atoms with Crippen molar-refractivity contribution in [1.82, 2.24) is 15.0 Å². The highest BCUT2D eigenvalue weighted by Gasteiger charge is 2.15. The first kappa shape index (κ1) is 23.3. The molecule has 31 heavy (non-hydrogen) atoms. The maximum absolute atomic E-state index is 12.6. The van der Waals surface area contributed by atoms with Crippen LogP contribution in [0.2, 0.25) is 0 Å². The zero-order valence-electron chi connectivity index (χ0n) is 18.5. The Morgan fingerprint density at radius 2 is 1.26 bits per heavy atom. The predicted octanol–water partition coefficient (Wildman–Crippen LogP) is 6.08. The maximum atomic E-state index is 12.6. The van der Waals surface area contributed by atoms with Gasteiger partial charge in [-0.05, 0) is 30.7 Å². The molecule has 0 atom stereocenters. The molecule has 3 aromatic rings. The van der Waals surface area contributed by atoms with E-state index in [0.717, 1.165) is 23.9 Å². The number of benzene rings is 2. The zero-order valence-corrected chi connectivity index (χ0v) is 19.3. The topological polar surface area (TPSA) is 76.9 Å². The van der Waals surface area contributed by atoms with E-state index < -0.39 is 10.0 Å². The number of rotatable bonds is 14. The largest absolute Gasteiger partial charge is 0.281 e. The van der Waals surface area contributed by atoms with Gasteiger partial charge >= 0.3 is 0 Å². The summed E-state index contributed by atoms with van der Waals surface area (Å²) in [4.78, 5) is 1.49. The number of hydrogen-bond donors (Lipinski definition) is 1. The Hall–Kier alpha value is -2.41. The fraction of sp³-hybridized carbons (Fsp3) is 0.500. The summed E-state index contributed by atoms with van der Waals surface area (Å²) in [6.45, 7) is 2.23. The van der Waals surface area contributed by atoms with Crippen molar-refractivity contribution < 1.29 is 8.42 Å². The summed E-state index contributed by atoms with van der Waals surface area (Å²) in [6, 6.07) is 14.8. The molecule has 0 saturated carbocycles. The summed E-state index contributed by atoms with van der Waals surface area (Å²) in [5, 5.41) is 8.94. The van der Waals surface area contributed by atoms with E-state index in [1.807, 2.05) is 42.5 Å². The van der Waals surface area contributed by atoms with Crippen molar-refractivity contribution in [1.29, 1.82) is 0 Å². The summed E-state index contributed by atoms with van der Waals surface area (Å²) < 4.78 is 28.0. The molecule has 0 spiro atoms. The van der Waals surface area contributed by atoms with Crippen LogP contribution in [0.25, 0.3) is 16.7 Å². The summed E-state index contributed by atoms with van der Waals surface area (Å²) in [5.41, 5.74) is 2.65. The SMILES string of the molecule is CCCCCCCCCCCCS(=O)(=O)Nc1ccccc1-n1nc2ccccc2n1. The van der Waals surface area contributed by atoms with Gasteiger partial charge in [0.2, 0.25) is 10.0 Å². The molecule has 0 aliphatic heterocycles. The third-order valence-electron chi connectivity index (χ3n) is 5.44. The lowest BCUT2D eigenvalue weighted by Crippen LogP contribution is -2.18. The first-order valence-corrected chi connectivity index (χ1v) is 13.2. The first-order valence-electron chi connectivity index (χ1n) is 11.5. The Morgan fingerprint density at radius 1 is 0.742 bits per heavy atom. The van der Waals surface area contributed by atoms with Gasteiger partial charge in [-0.2, -0.15) is 0 Å². The van der Waals surface area contributed by atoms with E-state index in [1.54, 1.807) is 6.07 Å². The number of hydrogen-bond acceptors (Lipinski definition) is 4. The lowest BCUT2D eigenvalue weighted by molar-refractivity contribution is 0.558. The molecule has 0 amide bonds. The molecular formula is C24H34N4O2S. The monoisotopic (exact) mass is 442 g/mol. The molecule has 0 fully saturated rings. The minimum absolute atomic E-state index is 0.131. The Bertz CT molecular complexity index is 1010. The normalized spacial score (nSPS) is 11.8. The summed E-state index contributed by atoms with van der Waals surface area (Å²) in [5.74, 6) is 0.131. The van der Waals surface area contributed by atoms with Crippen LogP contribution in [0.5, 0.6) is 0 Å². The van der Waals surface area contributed by atoms with Gasteiger partial charge in [-0.25, -0.2) is 8.42 Å². The summed E-state index contributed by atoms with van der Waals surface area (Å²) in [6.07, 6.45) is 11.8. The lowest BCUT2D eigenvalue weighted by Gasteiger charge is -2.11. The fourth-order valence-electron chi connectivity index (χ4n) is 3.70. The second-order valence-electron chi connectivity index (χ2n) is 8.10. The molecule has 168 valence electrons. The van der Waals surface area contributed by atoms with Crippen LogP contribution in [-0.4, -0.2) is 29.2 Å². The lowest BCUT2D eigenvalue weighted by atomic mass is 10.1. The number of para-hydroxylation sites is 2. The zero-order chi connectivity index (χ0) is 21.9. The molecule has 0 bridgehead atoms. The Balaban J connectivity index is 1.48. The third-order valence-corrected chi connectivity index (χ3v) is 6.80. The van der Waals surface area contributed by atoms with Crippen molar-refractivity contribution in [2.24, 2.45) is 0 Å². The number of fused-ring (bicyclic) bond motifs is 1. The number of nitrogens with zero attached hydrogens (tertiary/aromatic N) is 3. The molecule has 0 unspecified atom stereocenters. The molecule has 0 aliphatic carbocycles. The number of sulfonamides is 1. The van der Waals surface area contributed by atoms with E-state index in [2.05, 4.69) is 21.8 Å². The highest BCUT2D eigenvalue weighted by Crippen LogP contribution is 2.22. The van der Waals surface area contributed by atoms with E-state index >= 15 is 0 Å². The van der Waals surface area contributed by atoms with E-state index in [0.29, 0.717) is 17.8 Å². The minimum Gasteiger partial charge on any atom is -0.281 e. The van der Waals surface area contributed by atoms with E-state index in [4.69, 9.17) is 0 Å². The molecule has 1 N–H and O–H groups in total. The van der Waals surface area contributed by atoms with Crippen LogP contribution < -0.4 is 4.72 Å². The van der Waals surface area contributed by atoms with Crippen molar-refractivity contribution in [2.45, 2.75) is 71.1 Å². The Labute approximate surface area is 186 Å². The van der Waals surface area contributed by atoms with Crippen molar-refractivity contribution in [3.05, 3.63) is 48.5 Å². The molecule has 1 aromatic heterocycles. The maximum Gasteiger partial charge on any atom is 0.232 e. The number of anilines is 1. The number of nitrogens with one attached hydrogen (secondary N) is 1. The van der Waals surface area contributed by atoms with Crippen LogP contribution in [0.15, 0.2) is 48.5 Å². The number of unbranched alkanes of at least 4 members (excludes halogenated alkanes) is 9. The van der Waals surface area contributed by atoms with E-state index in [9.17, 15) is 8.42 Å².